The fourth-order valence-corrected chi connectivity index (χ4v) is 1.59. The van der Waals surface area contributed by atoms with E-state index in [1.807, 2.05) is 0 Å². The first-order valence-electron chi connectivity index (χ1n) is 4.71. The standard InChI is InChI=1S/C10H6ClN3O4/c11-6-1-2-9(8(3-6)10(15)16)13-5-7(4-12-13)14(17)18/h1-5H,(H,15,16). The molecule has 0 spiro atoms. The molecule has 1 heterocycles. The second-order valence-corrected chi connectivity index (χ2v) is 3.80. The lowest BCUT2D eigenvalue weighted by Gasteiger charge is -2.05. The molecule has 0 amide bonds. The van der Waals surface area contributed by atoms with Gasteiger partial charge in [-0.15, -0.1) is 0 Å². The van der Waals surface area contributed by atoms with Crippen LogP contribution in [0.5, 0.6) is 0 Å². The predicted molar refractivity (Wildman–Crippen MR) is 62.2 cm³/mol. The van der Waals surface area contributed by atoms with Gasteiger partial charge in [-0.3, -0.25) is 10.1 Å². The number of nitrogens with zero attached hydrogens (tertiary/aromatic N) is 3. The first kappa shape index (κ1) is 12.1. The van der Waals surface area contributed by atoms with E-state index in [-0.39, 0.29) is 22.0 Å². The van der Waals surface area contributed by atoms with E-state index in [2.05, 4.69) is 5.10 Å². The van der Waals surface area contributed by atoms with Crippen molar-refractivity contribution >= 4 is 23.3 Å². The maximum absolute atomic E-state index is 11.1. The summed E-state index contributed by atoms with van der Waals surface area (Å²) in [6.07, 6.45) is 2.18. The number of nitro groups is 1. The van der Waals surface area contributed by atoms with Gasteiger partial charge in [-0.1, -0.05) is 11.6 Å². The zero-order valence-corrected chi connectivity index (χ0v) is 9.53. The van der Waals surface area contributed by atoms with Crippen LogP contribution in [0.3, 0.4) is 0 Å². The lowest BCUT2D eigenvalue weighted by Crippen LogP contribution is -2.05. The van der Waals surface area contributed by atoms with Crippen LogP contribution in [0.1, 0.15) is 10.4 Å². The van der Waals surface area contributed by atoms with E-state index in [1.54, 1.807) is 0 Å². The highest BCUT2D eigenvalue weighted by Crippen LogP contribution is 2.21. The van der Waals surface area contributed by atoms with Gasteiger partial charge in [0.2, 0.25) is 0 Å². The summed E-state index contributed by atoms with van der Waals surface area (Å²) < 4.78 is 1.12. The lowest BCUT2D eigenvalue weighted by molar-refractivity contribution is -0.384. The molecule has 2 rings (SSSR count). The van der Waals surface area contributed by atoms with Crippen LogP contribution < -0.4 is 0 Å². The molecule has 2 aromatic rings. The first-order valence-corrected chi connectivity index (χ1v) is 5.09. The van der Waals surface area contributed by atoms with Gasteiger partial charge in [0.15, 0.2) is 0 Å². The summed E-state index contributed by atoms with van der Waals surface area (Å²) in [5.41, 5.74) is -0.0956. The molecule has 0 radical (unpaired) electrons. The molecular weight excluding hydrogens is 262 g/mol. The molecule has 0 fully saturated rings. The van der Waals surface area contributed by atoms with Crippen LogP contribution in [0, 0.1) is 10.1 Å². The summed E-state index contributed by atoms with van der Waals surface area (Å²) in [6.45, 7) is 0. The van der Waals surface area contributed by atoms with Gasteiger partial charge in [0.05, 0.1) is 16.2 Å². The number of hydrogen-bond acceptors (Lipinski definition) is 4. The van der Waals surface area contributed by atoms with Crippen molar-refractivity contribution in [2.75, 3.05) is 0 Å². The molecule has 0 unspecified atom stereocenters. The van der Waals surface area contributed by atoms with Crippen molar-refractivity contribution in [3.05, 3.63) is 51.3 Å². The molecule has 18 heavy (non-hydrogen) atoms. The molecule has 1 N–H and O–H groups in total. The number of aromatic carboxylic acids is 1. The van der Waals surface area contributed by atoms with Crippen molar-refractivity contribution in [3.8, 4) is 5.69 Å². The van der Waals surface area contributed by atoms with Crippen molar-refractivity contribution in [1.29, 1.82) is 0 Å². The summed E-state index contributed by atoms with van der Waals surface area (Å²) >= 11 is 5.70. The molecule has 1 aromatic heterocycles. The Kier molecular flexibility index (Phi) is 2.99. The van der Waals surface area contributed by atoms with E-state index < -0.39 is 10.9 Å². The van der Waals surface area contributed by atoms with Crippen molar-refractivity contribution in [2.24, 2.45) is 0 Å². The number of hydrogen-bond donors (Lipinski definition) is 1. The molecule has 0 saturated heterocycles. The molecule has 8 heteroatoms. The minimum Gasteiger partial charge on any atom is -0.478 e. The Hall–Kier alpha value is -2.41. The van der Waals surface area contributed by atoms with Crippen molar-refractivity contribution in [2.45, 2.75) is 0 Å². The Morgan fingerprint density at radius 2 is 2.22 bits per heavy atom. The summed E-state index contributed by atoms with van der Waals surface area (Å²) in [5, 5.41) is 23.6. The van der Waals surface area contributed by atoms with Gasteiger partial charge in [-0.05, 0) is 18.2 Å². The van der Waals surface area contributed by atoms with Crippen LogP contribution in [-0.4, -0.2) is 25.8 Å². The third-order valence-corrected chi connectivity index (χ3v) is 2.45. The molecule has 0 aliphatic rings. The molecule has 1 aromatic carbocycles. The molecule has 0 saturated carbocycles. The average Bonchev–Trinajstić information content (AvgIpc) is 2.78. The Labute approximate surface area is 105 Å². The molecule has 0 aliphatic heterocycles. The fourth-order valence-electron chi connectivity index (χ4n) is 1.42. The zero-order chi connectivity index (χ0) is 13.3. The second kappa shape index (κ2) is 4.46. The number of aromatic nitrogens is 2. The minimum absolute atomic E-state index is 0.0829. The highest BCUT2D eigenvalue weighted by atomic mass is 35.5. The number of halogens is 1. The Bertz CT molecular complexity index is 638. The largest absolute Gasteiger partial charge is 0.478 e. The average molecular weight is 268 g/mol. The second-order valence-electron chi connectivity index (χ2n) is 3.37. The van der Waals surface area contributed by atoms with Crippen molar-refractivity contribution in [3.63, 3.8) is 0 Å². The van der Waals surface area contributed by atoms with E-state index in [0.717, 1.165) is 17.1 Å². The summed E-state index contributed by atoms with van der Waals surface area (Å²) in [6, 6.07) is 4.17. The van der Waals surface area contributed by atoms with Gasteiger partial charge in [-0.25, -0.2) is 9.48 Å². The summed E-state index contributed by atoms with van der Waals surface area (Å²) in [7, 11) is 0. The third kappa shape index (κ3) is 2.16. The molecule has 7 nitrogen and oxygen atoms in total. The van der Waals surface area contributed by atoms with E-state index in [9.17, 15) is 14.9 Å². The zero-order valence-electron chi connectivity index (χ0n) is 8.78. The molecule has 92 valence electrons. The maximum atomic E-state index is 11.1. The van der Waals surface area contributed by atoms with E-state index >= 15 is 0 Å². The SMILES string of the molecule is O=C(O)c1cc(Cl)ccc1-n1cc([N+](=O)[O-])cn1. The van der Waals surface area contributed by atoms with Crippen molar-refractivity contribution < 1.29 is 14.8 Å². The fraction of sp³-hybridized carbons (Fsp3) is 0. The normalized spacial score (nSPS) is 10.3. The van der Waals surface area contributed by atoms with Crippen LogP contribution in [0.25, 0.3) is 5.69 Å². The van der Waals surface area contributed by atoms with Gasteiger partial charge in [0.25, 0.3) is 0 Å². The number of rotatable bonds is 3. The van der Waals surface area contributed by atoms with Gasteiger partial charge in [0.1, 0.15) is 12.4 Å². The smallest absolute Gasteiger partial charge is 0.337 e. The number of carboxylic acids is 1. The summed E-state index contributed by atoms with van der Waals surface area (Å²) in [4.78, 5) is 21.0. The van der Waals surface area contributed by atoms with Gasteiger partial charge >= 0.3 is 11.7 Å². The molecule has 0 bridgehead atoms. The number of carbonyl (C=O) groups is 1. The van der Waals surface area contributed by atoms with E-state index in [0.29, 0.717) is 0 Å². The first-order chi connectivity index (χ1) is 8.49. The van der Waals surface area contributed by atoms with E-state index in [4.69, 9.17) is 16.7 Å². The lowest BCUT2D eigenvalue weighted by atomic mass is 10.2. The Balaban J connectivity index is 2.55. The number of carboxylic acid groups (broad SMARTS) is 1. The van der Waals surface area contributed by atoms with Gasteiger partial charge in [-0.2, -0.15) is 5.10 Å². The van der Waals surface area contributed by atoms with E-state index in [1.165, 1.54) is 18.2 Å². The highest BCUT2D eigenvalue weighted by Gasteiger charge is 2.16. The Morgan fingerprint density at radius 1 is 1.50 bits per heavy atom. The quantitative estimate of drug-likeness (QED) is 0.678. The molecule has 0 aliphatic carbocycles. The monoisotopic (exact) mass is 267 g/mol. The molecule has 0 atom stereocenters. The van der Waals surface area contributed by atoms with Crippen LogP contribution in [-0.2, 0) is 0 Å². The van der Waals surface area contributed by atoms with Gasteiger partial charge < -0.3 is 5.11 Å². The number of benzene rings is 1. The predicted octanol–water partition coefficient (Wildman–Crippen LogP) is 2.13. The highest BCUT2D eigenvalue weighted by molar-refractivity contribution is 6.31. The topological polar surface area (TPSA) is 98.3 Å². The molecular formula is C10H6ClN3O4. The van der Waals surface area contributed by atoms with Crippen LogP contribution >= 0.6 is 11.6 Å². The Morgan fingerprint density at radius 3 is 2.78 bits per heavy atom. The van der Waals surface area contributed by atoms with Crippen LogP contribution in [0.4, 0.5) is 5.69 Å². The van der Waals surface area contributed by atoms with Crippen LogP contribution in [0.2, 0.25) is 5.02 Å². The minimum atomic E-state index is -1.19. The van der Waals surface area contributed by atoms with Crippen LogP contribution in [0.15, 0.2) is 30.6 Å². The van der Waals surface area contributed by atoms with Crippen molar-refractivity contribution in [1.82, 2.24) is 9.78 Å². The maximum Gasteiger partial charge on any atom is 0.337 e. The third-order valence-electron chi connectivity index (χ3n) is 2.22. The summed E-state index contributed by atoms with van der Waals surface area (Å²) in [5.74, 6) is -1.19. The van der Waals surface area contributed by atoms with Gasteiger partial charge in [0, 0.05) is 5.02 Å².